The molecule has 96 valence electrons. The number of nitrogens with one attached hydrogen (secondary N) is 2. The van der Waals surface area contributed by atoms with Crippen LogP contribution in [0.25, 0.3) is 0 Å². The van der Waals surface area contributed by atoms with Gasteiger partial charge in [-0.1, -0.05) is 0 Å². The first-order valence-electron chi connectivity index (χ1n) is 6.33. The van der Waals surface area contributed by atoms with E-state index in [2.05, 4.69) is 10.6 Å². The summed E-state index contributed by atoms with van der Waals surface area (Å²) in [6, 6.07) is 0. The molecule has 2 aliphatic carbocycles. The summed E-state index contributed by atoms with van der Waals surface area (Å²) in [5.41, 5.74) is 0.342. The molecule has 0 amide bonds. The molecule has 2 rings (SSSR count). The lowest BCUT2D eigenvalue weighted by Crippen LogP contribution is -2.40. The van der Waals surface area contributed by atoms with Gasteiger partial charge in [0.25, 0.3) is 0 Å². The minimum absolute atomic E-state index is 0.675. The molecule has 0 aromatic rings. The Hall–Kier alpha value is -1.00. The zero-order chi connectivity index (χ0) is 12.5. The highest BCUT2D eigenvalue weighted by Gasteiger charge is 2.33. The van der Waals surface area contributed by atoms with Crippen molar-refractivity contribution in [3.8, 4) is 0 Å². The van der Waals surface area contributed by atoms with Gasteiger partial charge in [0.05, 0.1) is 5.60 Å². The van der Waals surface area contributed by atoms with Gasteiger partial charge in [-0.25, -0.2) is 0 Å². The topological polar surface area (TPSA) is 64.5 Å². The summed E-state index contributed by atoms with van der Waals surface area (Å²) in [5.74, 6) is 0. The highest BCUT2D eigenvalue weighted by Crippen LogP contribution is 2.30. The van der Waals surface area contributed by atoms with Crippen LogP contribution in [-0.2, 0) is 0 Å². The summed E-state index contributed by atoms with van der Waals surface area (Å²) in [6.07, 6.45) is 6.71. The van der Waals surface area contributed by atoms with Crippen LogP contribution in [0.2, 0.25) is 0 Å². The van der Waals surface area contributed by atoms with Gasteiger partial charge in [0, 0.05) is 24.4 Å². The first-order valence-corrected chi connectivity index (χ1v) is 6.33. The predicted octanol–water partition coefficient (Wildman–Crippen LogP) is 0.980. The van der Waals surface area contributed by atoms with E-state index in [1.807, 2.05) is 19.1 Å². The molecule has 2 atom stereocenters. The Morgan fingerprint density at radius 1 is 1.18 bits per heavy atom. The van der Waals surface area contributed by atoms with E-state index in [0.717, 1.165) is 37.2 Å². The fraction of sp³-hybridized carbons (Fsp3) is 0.692. The second-order valence-corrected chi connectivity index (χ2v) is 5.28. The van der Waals surface area contributed by atoms with E-state index in [9.17, 15) is 10.2 Å². The summed E-state index contributed by atoms with van der Waals surface area (Å²) in [6.45, 7) is 4.71. The van der Waals surface area contributed by atoms with Gasteiger partial charge in [-0.2, -0.15) is 0 Å². The molecule has 0 bridgehead atoms. The van der Waals surface area contributed by atoms with Crippen molar-refractivity contribution in [2.75, 3.05) is 6.54 Å². The number of allylic oxidation sites excluding steroid dienone is 2. The van der Waals surface area contributed by atoms with E-state index >= 15 is 0 Å². The molecule has 2 unspecified atom stereocenters. The first kappa shape index (κ1) is 12.5. The standard InChI is InChI=1S/C13H22N2O2/c1-3-14-10-5-7-13(17,9-10)15-11-4-6-12(2,16)8-11/h8-9,14-17H,3-7H2,1-2H3. The summed E-state index contributed by atoms with van der Waals surface area (Å²) in [5, 5.41) is 26.6. The fourth-order valence-electron chi connectivity index (χ4n) is 2.51. The van der Waals surface area contributed by atoms with Gasteiger partial charge in [0.1, 0.15) is 0 Å². The van der Waals surface area contributed by atoms with Crippen molar-refractivity contribution in [1.82, 2.24) is 10.6 Å². The van der Waals surface area contributed by atoms with Crippen LogP contribution in [0.1, 0.15) is 39.5 Å². The van der Waals surface area contributed by atoms with Crippen LogP contribution in [-0.4, -0.2) is 28.1 Å². The Morgan fingerprint density at radius 3 is 2.47 bits per heavy atom. The molecule has 0 aliphatic heterocycles. The fourth-order valence-corrected chi connectivity index (χ4v) is 2.51. The minimum Gasteiger partial charge on any atom is -0.389 e. The predicted molar refractivity (Wildman–Crippen MR) is 67.0 cm³/mol. The third-order valence-corrected chi connectivity index (χ3v) is 3.36. The maximum Gasteiger partial charge on any atom is 0.156 e. The maximum absolute atomic E-state index is 10.4. The van der Waals surface area contributed by atoms with E-state index in [0.29, 0.717) is 6.42 Å². The molecule has 0 aromatic carbocycles. The molecule has 0 aromatic heterocycles. The first-order chi connectivity index (χ1) is 7.92. The molecular weight excluding hydrogens is 216 g/mol. The molecule has 4 nitrogen and oxygen atoms in total. The van der Waals surface area contributed by atoms with Gasteiger partial charge in [0.15, 0.2) is 5.72 Å². The maximum atomic E-state index is 10.4. The molecule has 0 fully saturated rings. The monoisotopic (exact) mass is 238 g/mol. The second kappa shape index (κ2) is 4.35. The summed E-state index contributed by atoms with van der Waals surface area (Å²) < 4.78 is 0. The lowest BCUT2D eigenvalue weighted by atomic mass is 10.1. The Balaban J connectivity index is 2.00. The van der Waals surface area contributed by atoms with Gasteiger partial charge >= 0.3 is 0 Å². The van der Waals surface area contributed by atoms with Gasteiger partial charge in [-0.15, -0.1) is 0 Å². The lowest BCUT2D eigenvalue weighted by molar-refractivity contribution is 0.0645. The smallest absolute Gasteiger partial charge is 0.156 e. The highest BCUT2D eigenvalue weighted by molar-refractivity contribution is 5.23. The third-order valence-electron chi connectivity index (χ3n) is 3.36. The van der Waals surface area contributed by atoms with Crippen LogP contribution < -0.4 is 10.6 Å². The minimum atomic E-state index is -0.955. The van der Waals surface area contributed by atoms with Crippen molar-refractivity contribution >= 4 is 0 Å². The number of hydrogen-bond donors (Lipinski definition) is 4. The molecule has 2 aliphatic rings. The van der Waals surface area contributed by atoms with Crippen LogP contribution in [0.5, 0.6) is 0 Å². The Bertz CT molecular complexity index is 360. The summed E-state index contributed by atoms with van der Waals surface area (Å²) in [4.78, 5) is 0. The van der Waals surface area contributed by atoms with Crippen molar-refractivity contribution in [1.29, 1.82) is 0 Å². The Labute approximate surface area is 102 Å². The molecule has 0 radical (unpaired) electrons. The zero-order valence-corrected chi connectivity index (χ0v) is 10.6. The van der Waals surface area contributed by atoms with Crippen molar-refractivity contribution in [2.45, 2.75) is 50.9 Å². The van der Waals surface area contributed by atoms with E-state index in [4.69, 9.17) is 0 Å². The van der Waals surface area contributed by atoms with Crippen LogP contribution in [0.15, 0.2) is 23.5 Å². The Morgan fingerprint density at radius 2 is 1.88 bits per heavy atom. The normalized spacial score (nSPS) is 36.7. The van der Waals surface area contributed by atoms with Gasteiger partial charge in [0.2, 0.25) is 0 Å². The molecule has 4 heteroatoms. The second-order valence-electron chi connectivity index (χ2n) is 5.28. The van der Waals surface area contributed by atoms with Crippen LogP contribution in [0.3, 0.4) is 0 Å². The average Bonchev–Trinajstić information content (AvgIpc) is 2.72. The number of aliphatic hydroxyl groups is 2. The van der Waals surface area contributed by atoms with Gasteiger partial charge in [-0.3, -0.25) is 0 Å². The molecule has 0 spiro atoms. The van der Waals surface area contributed by atoms with E-state index in [1.165, 1.54) is 0 Å². The number of rotatable bonds is 4. The molecule has 0 saturated carbocycles. The van der Waals surface area contributed by atoms with E-state index in [1.54, 1.807) is 6.92 Å². The molecule has 0 heterocycles. The highest BCUT2D eigenvalue weighted by atomic mass is 16.3. The summed E-state index contributed by atoms with van der Waals surface area (Å²) in [7, 11) is 0. The van der Waals surface area contributed by atoms with Gasteiger partial charge in [-0.05, 0) is 45.3 Å². The largest absolute Gasteiger partial charge is 0.389 e. The van der Waals surface area contributed by atoms with Crippen LogP contribution in [0, 0.1) is 0 Å². The molecule has 0 saturated heterocycles. The van der Waals surface area contributed by atoms with E-state index < -0.39 is 11.3 Å². The van der Waals surface area contributed by atoms with E-state index in [-0.39, 0.29) is 0 Å². The molecule has 17 heavy (non-hydrogen) atoms. The van der Waals surface area contributed by atoms with Gasteiger partial charge < -0.3 is 20.8 Å². The molecule has 4 N–H and O–H groups in total. The third kappa shape index (κ3) is 3.01. The SMILES string of the molecule is CCNC1=CC(O)(NC2=CC(C)(O)CC2)CC1. The van der Waals surface area contributed by atoms with Crippen LogP contribution >= 0.6 is 0 Å². The quantitative estimate of drug-likeness (QED) is 0.551. The van der Waals surface area contributed by atoms with Crippen molar-refractivity contribution in [3.05, 3.63) is 23.5 Å². The number of hydrogen-bond acceptors (Lipinski definition) is 4. The van der Waals surface area contributed by atoms with Crippen LogP contribution in [0.4, 0.5) is 0 Å². The van der Waals surface area contributed by atoms with Crippen molar-refractivity contribution in [2.24, 2.45) is 0 Å². The summed E-state index contributed by atoms with van der Waals surface area (Å²) >= 11 is 0. The Kier molecular flexibility index (Phi) is 3.19. The molecular formula is C13H22N2O2. The average molecular weight is 238 g/mol. The van der Waals surface area contributed by atoms with Crippen molar-refractivity contribution < 1.29 is 10.2 Å². The lowest BCUT2D eigenvalue weighted by Gasteiger charge is -2.23. The van der Waals surface area contributed by atoms with Crippen molar-refractivity contribution in [3.63, 3.8) is 0 Å². The zero-order valence-electron chi connectivity index (χ0n) is 10.6.